The Balaban J connectivity index is 2.35. The van der Waals surface area contributed by atoms with Gasteiger partial charge in [0.15, 0.2) is 0 Å². The number of amides is 3. The Kier molecular flexibility index (Phi) is 6.15. The van der Waals surface area contributed by atoms with Crippen molar-refractivity contribution in [2.45, 2.75) is 25.9 Å². The number of carbonyl (C=O) groups excluding carboxylic acids is 2. The molecule has 1 aliphatic heterocycles. The smallest absolute Gasteiger partial charge is 0.346 e. The summed E-state index contributed by atoms with van der Waals surface area (Å²) in [5.74, 6) is -1.20. The third-order valence-corrected chi connectivity index (χ3v) is 4.74. The summed E-state index contributed by atoms with van der Waals surface area (Å²) in [6.07, 6.45) is -4.45. The zero-order valence-electron chi connectivity index (χ0n) is 15.1. The van der Waals surface area contributed by atoms with Gasteiger partial charge in [-0.3, -0.25) is 4.79 Å². The lowest BCUT2D eigenvalue weighted by Crippen LogP contribution is -2.40. The third kappa shape index (κ3) is 4.28. The second-order valence-corrected chi connectivity index (χ2v) is 6.43. The van der Waals surface area contributed by atoms with Gasteiger partial charge in [0.1, 0.15) is 0 Å². The lowest BCUT2D eigenvalue weighted by atomic mass is 9.87. The first kappa shape index (κ1) is 20.1. The summed E-state index contributed by atoms with van der Waals surface area (Å²) in [4.78, 5) is 27.9. The average molecular weight is 371 g/mol. The highest BCUT2D eigenvalue weighted by Gasteiger charge is 2.42. The van der Waals surface area contributed by atoms with E-state index in [1.807, 2.05) is 6.92 Å². The summed E-state index contributed by atoms with van der Waals surface area (Å²) in [7, 11) is 1.65. The monoisotopic (exact) mass is 371 g/mol. The molecule has 3 amide bonds. The normalized spacial score (nSPS) is 20.2. The van der Waals surface area contributed by atoms with E-state index in [9.17, 15) is 22.8 Å². The molecule has 26 heavy (non-hydrogen) atoms. The van der Waals surface area contributed by atoms with E-state index in [2.05, 4.69) is 5.32 Å². The summed E-state index contributed by atoms with van der Waals surface area (Å²) >= 11 is 0. The van der Waals surface area contributed by atoms with Gasteiger partial charge in [-0.25, -0.2) is 4.79 Å². The maximum Gasteiger partial charge on any atom is 0.416 e. The van der Waals surface area contributed by atoms with Crippen LogP contribution in [-0.2, 0) is 11.0 Å². The van der Waals surface area contributed by atoms with Crippen molar-refractivity contribution in [3.05, 3.63) is 35.4 Å². The van der Waals surface area contributed by atoms with Crippen molar-refractivity contribution in [2.75, 3.05) is 33.2 Å². The van der Waals surface area contributed by atoms with Crippen molar-refractivity contribution in [3.63, 3.8) is 0 Å². The molecule has 2 rings (SSSR count). The van der Waals surface area contributed by atoms with Crippen LogP contribution < -0.4 is 5.32 Å². The van der Waals surface area contributed by atoms with E-state index in [-0.39, 0.29) is 25.0 Å². The van der Waals surface area contributed by atoms with E-state index in [4.69, 9.17) is 0 Å². The minimum absolute atomic E-state index is 0.165. The number of alkyl halides is 3. The van der Waals surface area contributed by atoms with Gasteiger partial charge in [-0.1, -0.05) is 18.2 Å². The summed E-state index contributed by atoms with van der Waals surface area (Å²) < 4.78 is 39.1. The maximum absolute atomic E-state index is 13.0. The Hall–Kier alpha value is -2.25. The van der Waals surface area contributed by atoms with Crippen molar-refractivity contribution < 1.29 is 22.8 Å². The van der Waals surface area contributed by atoms with Gasteiger partial charge in [-0.2, -0.15) is 13.2 Å². The molecule has 1 heterocycles. The van der Waals surface area contributed by atoms with Crippen LogP contribution in [0, 0.1) is 5.92 Å². The van der Waals surface area contributed by atoms with E-state index >= 15 is 0 Å². The highest BCUT2D eigenvalue weighted by atomic mass is 19.4. The summed E-state index contributed by atoms with van der Waals surface area (Å²) in [5.41, 5.74) is -0.323. The highest BCUT2D eigenvalue weighted by Crippen LogP contribution is 2.37. The second-order valence-electron chi connectivity index (χ2n) is 6.43. The van der Waals surface area contributed by atoms with E-state index in [0.717, 1.165) is 12.1 Å². The van der Waals surface area contributed by atoms with E-state index < -0.39 is 23.6 Å². The van der Waals surface area contributed by atoms with Crippen LogP contribution in [0.4, 0.5) is 18.0 Å². The van der Waals surface area contributed by atoms with Crippen LogP contribution >= 0.6 is 0 Å². The van der Waals surface area contributed by atoms with Gasteiger partial charge in [0.05, 0.1) is 11.5 Å². The van der Waals surface area contributed by atoms with Gasteiger partial charge in [0.2, 0.25) is 5.91 Å². The summed E-state index contributed by atoms with van der Waals surface area (Å²) in [6, 6.07) is 4.72. The van der Waals surface area contributed by atoms with Gasteiger partial charge in [-0.05, 0) is 25.5 Å². The van der Waals surface area contributed by atoms with Gasteiger partial charge >= 0.3 is 12.2 Å². The third-order valence-electron chi connectivity index (χ3n) is 4.74. The van der Waals surface area contributed by atoms with Crippen LogP contribution in [0.5, 0.6) is 0 Å². The fraction of sp³-hybridized carbons (Fsp3) is 0.556. The van der Waals surface area contributed by atoms with Crippen molar-refractivity contribution in [1.29, 1.82) is 0 Å². The number of carbonyl (C=O) groups is 2. The first-order chi connectivity index (χ1) is 12.2. The predicted octanol–water partition coefficient (Wildman–Crippen LogP) is 2.93. The SMILES string of the molecule is CCNC(=O)N1CC(C(=O)N(C)CC)C(c2cccc(C(F)(F)F)c2)C1. The number of nitrogens with one attached hydrogen (secondary N) is 1. The van der Waals surface area contributed by atoms with E-state index in [0.29, 0.717) is 18.7 Å². The minimum atomic E-state index is -4.45. The van der Waals surface area contributed by atoms with Gasteiger partial charge < -0.3 is 15.1 Å². The fourth-order valence-corrected chi connectivity index (χ4v) is 3.21. The Bertz CT molecular complexity index is 663. The maximum atomic E-state index is 13.0. The van der Waals surface area contributed by atoms with Gasteiger partial charge in [0, 0.05) is 39.1 Å². The van der Waals surface area contributed by atoms with Crippen LogP contribution in [0.3, 0.4) is 0 Å². The molecule has 0 aromatic heterocycles. The van der Waals surface area contributed by atoms with Crippen LogP contribution in [0.15, 0.2) is 24.3 Å². The second kappa shape index (κ2) is 7.97. The largest absolute Gasteiger partial charge is 0.416 e. The molecule has 2 unspecified atom stereocenters. The Morgan fingerprint density at radius 3 is 2.54 bits per heavy atom. The van der Waals surface area contributed by atoms with Crippen molar-refractivity contribution in [1.82, 2.24) is 15.1 Å². The zero-order valence-corrected chi connectivity index (χ0v) is 15.1. The number of rotatable bonds is 4. The van der Waals surface area contributed by atoms with E-state index in [1.165, 1.54) is 15.9 Å². The molecule has 1 saturated heterocycles. The van der Waals surface area contributed by atoms with Crippen LogP contribution in [-0.4, -0.2) is 55.0 Å². The van der Waals surface area contributed by atoms with E-state index in [1.54, 1.807) is 20.0 Å². The van der Waals surface area contributed by atoms with Crippen molar-refractivity contribution >= 4 is 11.9 Å². The number of nitrogens with zero attached hydrogens (tertiary/aromatic N) is 2. The molecule has 0 aliphatic carbocycles. The molecular weight excluding hydrogens is 347 g/mol. The fourth-order valence-electron chi connectivity index (χ4n) is 3.21. The topological polar surface area (TPSA) is 52.7 Å². The Morgan fingerprint density at radius 1 is 1.27 bits per heavy atom. The average Bonchev–Trinajstić information content (AvgIpc) is 3.05. The minimum Gasteiger partial charge on any atom is -0.346 e. The molecule has 1 aromatic rings. The lowest BCUT2D eigenvalue weighted by molar-refractivity contribution is -0.137. The molecule has 144 valence electrons. The molecule has 1 aliphatic rings. The molecule has 0 saturated carbocycles. The number of hydrogen-bond donors (Lipinski definition) is 1. The van der Waals surface area contributed by atoms with Crippen LogP contribution in [0.25, 0.3) is 0 Å². The molecular formula is C18H24F3N3O2. The summed E-state index contributed by atoms with van der Waals surface area (Å²) in [6.45, 7) is 4.94. The summed E-state index contributed by atoms with van der Waals surface area (Å²) in [5, 5.41) is 2.68. The highest BCUT2D eigenvalue weighted by molar-refractivity contribution is 5.82. The molecule has 0 radical (unpaired) electrons. The lowest BCUT2D eigenvalue weighted by Gasteiger charge is -2.23. The number of benzene rings is 1. The first-order valence-corrected chi connectivity index (χ1v) is 8.63. The molecule has 5 nitrogen and oxygen atoms in total. The number of hydrogen-bond acceptors (Lipinski definition) is 2. The molecule has 0 spiro atoms. The Morgan fingerprint density at radius 2 is 1.96 bits per heavy atom. The molecule has 1 aromatic carbocycles. The molecule has 8 heteroatoms. The number of halogens is 3. The zero-order chi connectivity index (χ0) is 19.5. The first-order valence-electron chi connectivity index (χ1n) is 8.63. The van der Waals surface area contributed by atoms with Crippen LogP contribution in [0.1, 0.15) is 30.9 Å². The number of urea groups is 1. The molecule has 2 atom stereocenters. The van der Waals surface area contributed by atoms with Crippen molar-refractivity contribution in [2.24, 2.45) is 5.92 Å². The Labute approximate surface area is 151 Å². The van der Waals surface area contributed by atoms with Gasteiger partial charge in [0.25, 0.3) is 0 Å². The number of likely N-dealkylation sites (tertiary alicyclic amines) is 1. The predicted molar refractivity (Wildman–Crippen MR) is 91.6 cm³/mol. The quantitative estimate of drug-likeness (QED) is 0.885. The molecule has 1 N–H and O–H groups in total. The molecule has 0 bridgehead atoms. The van der Waals surface area contributed by atoms with Gasteiger partial charge in [-0.15, -0.1) is 0 Å². The van der Waals surface area contributed by atoms with Crippen molar-refractivity contribution in [3.8, 4) is 0 Å². The molecule has 1 fully saturated rings. The standard InChI is InChI=1S/C18H24F3N3O2/c1-4-22-17(26)24-10-14(15(11-24)16(25)23(3)5-2)12-7-6-8-13(9-12)18(19,20)21/h6-9,14-15H,4-5,10-11H2,1-3H3,(H,22,26). The van der Waals surface area contributed by atoms with Crippen LogP contribution in [0.2, 0.25) is 0 Å².